The Bertz CT molecular complexity index is 759. The molecule has 3 rings (SSSR count). The molecule has 0 saturated carbocycles. The quantitative estimate of drug-likeness (QED) is 0.799. The lowest BCUT2D eigenvalue weighted by Gasteiger charge is -2.31. The molecule has 1 aromatic rings. The summed E-state index contributed by atoms with van der Waals surface area (Å²) in [6.07, 6.45) is 10.2. The fraction of sp³-hybridized carbons (Fsp3) is 0.250. The monoisotopic (exact) mass is 323 g/mol. The molecule has 0 unspecified atom stereocenters. The van der Waals surface area contributed by atoms with Crippen molar-refractivity contribution in [3.63, 3.8) is 0 Å². The molecule has 2 aliphatic rings. The molecule has 0 bridgehead atoms. The van der Waals surface area contributed by atoms with E-state index in [-0.39, 0.29) is 23.4 Å². The van der Waals surface area contributed by atoms with E-state index < -0.39 is 0 Å². The van der Waals surface area contributed by atoms with Gasteiger partial charge in [0.2, 0.25) is 0 Å². The average Bonchev–Trinajstić information content (AvgIpc) is 2.91. The van der Waals surface area contributed by atoms with Crippen LogP contribution in [0.1, 0.15) is 23.2 Å². The highest BCUT2D eigenvalue weighted by Gasteiger charge is 2.28. The number of ketones is 1. The van der Waals surface area contributed by atoms with Crippen molar-refractivity contribution >= 4 is 11.7 Å². The van der Waals surface area contributed by atoms with Gasteiger partial charge in [-0.15, -0.1) is 5.73 Å². The first-order valence-electron chi connectivity index (χ1n) is 8.03. The van der Waals surface area contributed by atoms with E-state index in [1.165, 1.54) is 24.3 Å². The highest BCUT2D eigenvalue weighted by atomic mass is 19.1. The Morgan fingerprint density at radius 1 is 1.08 bits per heavy atom. The predicted molar refractivity (Wildman–Crippen MR) is 89.9 cm³/mol. The largest absolute Gasteiger partial charge is 0.339 e. The molecule has 3 nitrogen and oxygen atoms in total. The lowest BCUT2D eigenvalue weighted by molar-refractivity contribution is -0.120. The van der Waals surface area contributed by atoms with Crippen molar-refractivity contribution in [2.24, 2.45) is 5.92 Å². The summed E-state index contributed by atoms with van der Waals surface area (Å²) in [5, 5.41) is 0. The van der Waals surface area contributed by atoms with Crippen molar-refractivity contribution in [2.45, 2.75) is 12.8 Å². The number of allylic oxidation sites excluding steroid dienone is 5. The normalized spacial score (nSPS) is 17.5. The van der Waals surface area contributed by atoms with Crippen molar-refractivity contribution in [1.29, 1.82) is 0 Å². The number of nitrogens with zero attached hydrogens (tertiary/aromatic N) is 1. The number of hydrogen-bond donors (Lipinski definition) is 0. The van der Waals surface area contributed by atoms with Gasteiger partial charge in [-0.25, -0.2) is 4.39 Å². The third-order valence-corrected chi connectivity index (χ3v) is 4.36. The van der Waals surface area contributed by atoms with Crippen LogP contribution in [0, 0.1) is 11.7 Å². The Hall–Kier alpha value is -2.71. The molecule has 1 amide bonds. The Morgan fingerprint density at radius 2 is 1.79 bits per heavy atom. The number of amides is 1. The number of benzene rings is 1. The lowest BCUT2D eigenvalue weighted by Crippen LogP contribution is -2.40. The molecule has 1 saturated heterocycles. The maximum absolute atomic E-state index is 13.0. The zero-order valence-corrected chi connectivity index (χ0v) is 13.2. The van der Waals surface area contributed by atoms with Crippen LogP contribution in [0.3, 0.4) is 0 Å². The second-order valence-corrected chi connectivity index (χ2v) is 5.92. The maximum atomic E-state index is 13.0. The van der Waals surface area contributed by atoms with Crippen LogP contribution in [0.15, 0.2) is 65.9 Å². The van der Waals surface area contributed by atoms with Gasteiger partial charge in [0, 0.05) is 30.1 Å². The number of carbonyl (C=O) groups is 2. The molecule has 1 heterocycles. The highest BCUT2D eigenvalue weighted by molar-refractivity contribution is 6.00. The van der Waals surface area contributed by atoms with Gasteiger partial charge in [0.15, 0.2) is 5.78 Å². The summed E-state index contributed by atoms with van der Waals surface area (Å²) in [4.78, 5) is 26.7. The molecule has 1 fully saturated rings. The number of carbonyl (C=O) groups excluding carboxylic acids is 2. The summed E-state index contributed by atoms with van der Waals surface area (Å²) >= 11 is 0. The zero-order chi connectivity index (χ0) is 16.9. The summed E-state index contributed by atoms with van der Waals surface area (Å²) < 4.78 is 13.0. The molecule has 0 aromatic heterocycles. The van der Waals surface area contributed by atoms with Crippen molar-refractivity contribution in [2.75, 3.05) is 13.1 Å². The Morgan fingerprint density at radius 3 is 2.50 bits per heavy atom. The minimum absolute atomic E-state index is 0.0651. The van der Waals surface area contributed by atoms with E-state index in [9.17, 15) is 14.0 Å². The number of piperidine rings is 1. The zero-order valence-electron chi connectivity index (χ0n) is 13.2. The molecule has 24 heavy (non-hydrogen) atoms. The van der Waals surface area contributed by atoms with Gasteiger partial charge in [0.25, 0.3) is 5.91 Å². The molecule has 0 atom stereocenters. The van der Waals surface area contributed by atoms with Gasteiger partial charge in [0.05, 0.1) is 0 Å². The summed E-state index contributed by atoms with van der Waals surface area (Å²) in [6, 6.07) is 5.57. The van der Waals surface area contributed by atoms with Crippen molar-refractivity contribution < 1.29 is 14.0 Å². The first-order chi connectivity index (χ1) is 11.6. The standard InChI is InChI=1S/C20H18FNO2/c21-18-9-7-17(8-10-18)20(24)22-13-11-16(12-14-22)19(23)15-5-3-1-2-4-6-15/h1,3-10,16H,11-14H2. The van der Waals surface area contributed by atoms with Gasteiger partial charge in [-0.3, -0.25) is 9.59 Å². The number of rotatable bonds is 3. The van der Waals surface area contributed by atoms with E-state index in [0.29, 0.717) is 37.1 Å². The number of Topliss-reactive ketones (excluding diaryl/α,β-unsaturated/α-hetero) is 1. The topological polar surface area (TPSA) is 37.4 Å². The van der Waals surface area contributed by atoms with E-state index in [1.807, 2.05) is 0 Å². The molecular formula is C20H18FNO2. The predicted octanol–water partition coefficient (Wildman–Crippen LogP) is 3.45. The molecule has 122 valence electrons. The van der Waals surface area contributed by atoms with Crippen LogP contribution in [0.2, 0.25) is 0 Å². The van der Waals surface area contributed by atoms with Crippen molar-refractivity contribution in [3.05, 3.63) is 77.3 Å². The Kier molecular flexibility index (Phi) is 4.88. The van der Waals surface area contributed by atoms with Gasteiger partial charge >= 0.3 is 0 Å². The maximum Gasteiger partial charge on any atom is 0.253 e. The van der Waals surface area contributed by atoms with Gasteiger partial charge in [0.1, 0.15) is 5.82 Å². The summed E-state index contributed by atoms with van der Waals surface area (Å²) in [7, 11) is 0. The van der Waals surface area contributed by atoms with E-state index >= 15 is 0 Å². The minimum Gasteiger partial charge on any atom is -0.339 e. The number of hydrogen-bond acceptors (Lipinski definition) is 2. The SMILES string of the molecule is O=C(C1=CC=C=CC=C1)C1CCN(C(=O)c2ccc(F)cc2)CC1. The molecular weight excluding hydrogens is 305 g/mol. The molecule has 4 heteroatoms. The number of halogens is 1. The van der Waals surface area contributed by atoms with Crippen LogP contribution in [0.25, 0.3) is 0 Å². The van der Waals surface area contributed by atoms with Gasteiger partial charge in [-0.2, -0.15) is 0 Å². The van der Waals surface area contributed by atoms with Crippen LogP contribution < -0.4 is 0 Å². The third kappa shape index (κ3) is 3.61. The van der Waals surface area contributed by atoms with Crippen LogP contribution >= 0.6 is 0 Å². The smallest absolute Gasteiger partial charge is 0.253 e. The lowest BCUT2D eigenvalue weighted by atomic mass is 9.88. The van der Waals surface area contributed by atoms with E-state index in [0.717, 1.165) is 0 Å². The van der Waals surface area contributed by atoms with Crippen molar-refractivity contribution in [3.8, 4) is 0 Å². The number of likely N-dealkylation sites (tertiary alicyclic amines) is 1. The molecule has 1 aliphatic heterocycles. The first kappa shape index (κ1) is 16.2. The fourth-order valence-corrected chi connectivity index (χ4v) is 2.98. The molecule has 0 radical (unpaired) electrons. The van der Waals surface area contributed by atoms with Crippen molar-refractivity contribution in [1.82, 2.24) is 4.90 Å². The van der Waals surface area contributed by atoms with Crippen LogP contribution in [0.5, 0.6) is 0 Å². The third-order valence-electron chi connectivity index (χ3n) is 4.36. The molecule has 1 aromatic carbocycles. The second kappa shape index (κ2) is 7.24. The summed E-state index contributed by atoms with van der Waals surface area (Å²) in [6.45, 7) is 1.08. The molecule has 0 spiro atoms. The molecule has 0 N–H and O–H groups in total. The Balaban J connectivity index is 1.60. The first-order valence-corrected chi connectivity index (χ1v) is 8.03. The average molecular weight is 323 g/mol. The summed E-state index contributed by atoms with van der Waals surface area (Å²) in [5.74, 6) is -0.413. The van der Waals surface area contributed by atoms with Gasteiger partial charge < -0.3 is 4.90 Å². The van der Waals surface area contributed by atoms with E-state index in [2.05, 4.69) is 5.73 Å². The molecule has 1 aliphatic carbocycles. The van der Waals surface area contributed by atoms with Gasteiger partial charge in [-0.1, -0.05) is 12.2 Å². The highest BCUT2D eigenvalue weighted by Crippen LogP contribution is 2.23. The minimum atomic E-state index is -0.357. The van der Waals surface area contributed by atoms with E-state index in [4.69, 9.17) is 0 Å². The van der Waals surface area contributed by atoms with Gasteiger partial charge in [-0.05, 0) is 55.3 Å². The second-order valence-electron chi connectivity index (χ2n) is 5.92. The van der Waals surface area contributed by atoms with Crippen LogP contribution in [-0.2, 0) is 4.79 Å². The van der Waals surface area contributed by atoms with Crippen LogP contribution in [0.4, 0.5) is 4.39 Å². The summed E-state index contributed by atoms with van der Waals surface area (Å²) in [5.41, 5.74) is 4.09. The fourth-order valence-electron chi connectivity index (χ4n) is 2.98. The van der Waals surface area contributed by atoms with Crippen LogP contribution in [-0.4, -0.2) is 29.7 Å². The van der Waals surface area contributed by atoms with E-state index in [1.54, 1.807) is 35.3 Å². The Labute approximate surface area is 140 Å².